The average Bonchev–Trinajstić information content (AvgIpc) is 3.00. The number of amides is 2. The molecule has 5 nitrogen and oxygen atoms in total. The second-order valence-corrected chi connectivity index (χ2v) is 7.19. The van der Waals surface area contributed by atoms with E-state index >= 15 is 0 Å². The lowest BCUT2D eigenvalue weighted by Gasteiger charge is -2.41. The fourth-order valence-electron chi connectivity index (χ4n) is 4.08. The largest absolute Gasteiger partial charge is 0.508 e. The molecule has 1 fully saturated rings. The molecule has 2 aromatic carbocycles. The number of fused-ring (bicyclic) bond motifs is 2. The number of aryl methyl sites for hydroxylation is 1. The van der Waals surface area contributed by atoms with E-state index in [1.165, 1.54) is 11.1 Å². The molecule has 1 aliphatic carbocycles. The zero-order valence-electron chi connectivity index (χ0n) is 14.9. The van der Waals surface area contributed by atoms with Crippen molar-refractivity contribution in [3.05, 3.63) is 65.2 Å². The Bertz CT molecular complexity index is 818. The number of ether oxygens (including phenoxy) is 1. The van der Waals surface area contributed by atoms with Crippen LogP contribution in [0.25, 0.3) is 0 Å². The Labute approximate surface area is 153 Å². The predicted octanol–water partition coefficient (Wildman–Crippen LogP) is 3.34. The molecule has 2 N–H and O–H groups in total. The van der Waals surface area contributed by atoms with Gasteiger partial charge in [-0.2, -0.15) is 0 Å². The molecule has 0 saturated carbocycles. The predicted molar refractivity (Wildman–Crippen MR) is 99.0 cm³/mol. The second kappa shape index (κ2) is 6.65. The van der Waals surface area contributed by atoms with Gasteiger partial charge in [-0.15, -0.1) is 0 Å². The summed E-state index contributed by atoms with van der Waals surface area (Å²) in [5, 5.41) is 12.7. The fourth-order valence-corrected chi connectivity index (χ4v) is 4.08. The quantitative estimate of drug-likeness (QED) is 0.871. The molecule has 2 amide bonds. The summed E-state index contributed by atoms with van der Waals surface area (Å²) in [5.74, 6) is 0.205. The second-order valence-electron chi connectivity index (χ2n) is 7.19. The summed E-state index contributed by atoms with van der Waals surface area (Å²) in [5.41, 5.74) is 3.05. The Balaban J connectivity index is 1.47. The molecule has 1 spiro atoms. The van der Waals surface area contributed by atoms with Crippen LogP contribution in [0.15, 0.2) is 48.5 Å². The number of nitrogens with zero attached hydrogens (tertiary/aromatic N) is 1. The summed E-state index contributed by atoms with van der Waals surface area (Å²) in [4.78, 5) is 14.7. The third-order valence-electron chi connectivity index (χ3n) is 5.49. The normalized spacial score (nSPS) is 22.9. The van der Waals surface area contributed by atoms with E-state index in [0.29, 0.717) is 19.7 Å². The number of rotatable bonds is 2. The third-order valence-corrected chi connectivity index (χ3v) is 5.49. The first kappa shape index (κ1) is 16.9. The summed E-state index contributed by atoms with van der Waals surface area (Å²) in [7, 11) is 0. The number of phenolic OH excluding ortho intramolecular Hbond substituents is 1. The van der Waals surface area contributed by atoms with E-state index in [1.54, 1.807) is 18.2 Å². The molecule has 2 aromatic rings. The summed E-state index contributed by atoms with van der Waals surface area (Å²) in [6.45, 7) is 3.63. The van der Waals surface area contributed by atoms with E-state index in [4.69, 9.17) is 4.74 Å². The van der Waals surface area contributed by atoms with Crippen molar-refractivity contribution < 1.29 is 14.6 Å². The van der Waals surface area contributed by atoms with Gasteiger partial charge >= 0.3 is 6.03 Å². The maximum Gasteiger partial charge on any atom is 0.318 e. The molecule has 5 heteroatoms. The Kier molecular flexibility index (Phi) is 4.32. The monoisotopic (exact) mass is 352 g/mol. The van der Waals surface area contributed by atoms with Crippen LogP contribution >= 0.6 is 0 Å². The molecule has 2 atom stereocenters. The van der Waals surface area contributed by atoms with Gasteiger partial charge in [-0.3, -0.25) is 0 Å². The highest BCUT2D eigenvalue weighted by Gasteiger charge is 2.44. The number of hydrogen-bond donors (Lipinski definition) is 2. The smallest absolute Gasteiger partial charge is 0.318 e. The molecular formula is C21H24N2O3. The summed E-state index contributed by atoms with van der Waals surface area (Å²) in [6.07, 6.45) is 1.91. The molecule has 4 rings (SSSR count). The topological polar surface area (TPSA) is 61.8 Å². The zero-order valence-corrected chi connectivity index (χ0v) is 14.9. The van der Waals surface area contributed by atoms with Crippen LogP contribution < -0.4 is 5.32 Å². The van der Waals surface area contributed by atoms with Gasteiger partial charge < -0.3 is 20.1 Å². The number of nitrogens with one attached hydrogen (secondary N) is 1. The lowest BCUT2D eigenvalue weighted by atomic mass is 9.94. The molecule has 1 saturated heterocycles. The Hall–Kier alpha value is -2.53. The van der Waals surface area contributed by atoms with E-state index in [0.717, 1.165) is 18.4 Å². The number of carbonyl (C=O) groups excluding carboxylic acids is 1. The standard InChI is InChI=1S/C21H24N2O3/c1-15(17-6-4-7-18(24)13-17)22-20(25)23-11-12-26-21(14-23)10-9-16-5-2-3-8-19(16)21/h2-8,13,15,24H,9-12,14H2,1H3,(H,22,25)/t15-,21?/m0/s1. The van der Waals surface area contributed by atoms with E-state index in [1.807, 2.05) is 24.0 Å². The molecular weight excluding hydrogens is 328 g/mol. The minimum Gasteiger partial charge on any atom is -0.508 e. The number of phenols is 1. The third kappa shape index (κ3) is 3.03. The van der Waals surface area contributed by atoms with E-state index < -0.39 is 0 Å². The SMILES string of the molecule is C[C@H](NC(=O)N1CCOC2(CCc3ccccc32)C1)c1cccc(O)c1. The highest BCUT2D eigenvalue weighted by atomic mass is 16.5. The lowest BCUT2D eigenvalue weighted by Crippen LogP contribution is -2.54. The van der Waals surface area contributed by atoms with Crippen LogP contribution in [-0.2, 0) is 16.8 Å². The van der Waals surface area contributed by atoms with Crippen molar-refractivity contribution in [3.63, 3.8) is 0 Å². The first-order valence-corrected chi connectivity index (χ1v) is 9.14. The number of carbonyl (C=O) groups is 1. The summed E-state index contributed by atoms with van der Waals surface area (Å²) >= 11 is 0. The van der Waals surface area contributed by atoms with Gasteiger partial charge in [0.1, 0.15) is 11.4 Å². The summed E-state index contributed by atoms with van der Waals surface area (Å²) in [6, 6.07) is 15.1. The maximum absolute atomic E-state index is 12.8. The van der Waals surface area contributed by atoms with Gasteiger partial charge in [0.05, 0.1) is 19.2 Å². The van der Waals surface area contributed by atoms with Crippen molar-refractivity contribution in [2.75, 3.05) is 19.7 Å². The van der Waals surface area contributed by atoms with Gasteiger partial charge in [0, 0.05) is 6.54 Å². The van der Waals surface area contributed by atoms with Crippen LogP contribution in [0.4, 0.5) is 4.79 Å². The van der Waals surface area contributed by atoms with Gasteiger partial charge in [0.2, 0.25) is 0 Å². The van der Waals surface area contributed by atoms with Crippen molar-refractivity contribution in [2.45, 2.75) is 31.4 Å². The molecule has 0 aromatic heterocycles. The first-order valence-electron chi connectivity index (χ1n) is 9.14. The molecule has 26 heavy (non-hydrogen) atoms. The molecule has 1 aliphatic heterocycles. The molecule has 1 heterocycles. The maximum atomic E-state index is 12.8. The van der Waals surface area contributed by atoms with Gasteiger partial charge in [-0.1, -0.05) is 36.4 Å². The van der Waals surface area contributed by atoms with Crippen LogP contribution in [-0.4, -0.2) is 35.7 Å². The van der Waals surface area contributed by atoms with Crippen molar-refractivity contribution in [2.24, 2.45) is 0 Å². The van der Waals surface area contributed by atoms with E-state index in [2.05, 4.69) is 23.5 Å². The minimum atomic E-state index is -0.375. The van der Waals surface area contributed by atoms with Gasteiger partial charge in [0.15, 0.2) is 0 Å². The van der Waals surface area contributed by atoms with Crippen molar-refractivity contribution in [3.8, 4) is 5.75 Å². The van der Waals surface area contributed by atoms with E-state index in [9.17, 15) is 9.90 Å². The zero-order chi connectivity index (χ0) is 18.1. The highest BCUT2D eigenvalue weighted by Crippen LogP contribution is 2.42. The average molecular weight is 352 g/mol. The Morgan fingerprint density at radius 1 is 1.27 bits per heavy atom. The molecule has 2 aliphatic rings. The Morgan fingerprint density at radius 2 is 2.12 bits per heavy atom. The molecule has 136 valence electrons. The van der Waals surface area contributed by atoms with Crippen LogP contribution in [0, 0.1) is 0 Å². The summed E-state index contributed by atoms with van der Waals surface area (Å²) < 4.78 is 6.18. The molecule has 0 bridgehead atoms. The van der Waals surface area contributed by atoms with Crippen molar-refractivity contribution >= 4 is 6.03 Å². The van der Waals surface area contributed by atoms with Gasteiger partial charge in [0.25, 0.3) is 0 Å². The molecule has 0 radical (unpaired) electrons. The lowest BCUT2D eigenvalue weighted by molar-refractivity contribution is -0.102. The number of urea groups is 1. The molecule has 1 unspecified atom stereocenters. The number of hydrogen-bond acceptors (Lipinski definition) is 3. The van der Waals surface area contributed by atoms with Crippen LogP contribution in [0.2, 0.25) is 0 Å². The Morgan fingerprint density at radius 3 is 2.96 bits per heavy atom. The number of aromatic hydroxyl groups is 1. The highest BCUT2D eigenvalue weighted by molar-refractivity contribution is 5.75. The van der Waals surface area contributed by atoms with Crippen molar-refractivity contribution in [1.29, 1.82) is 0 Å². The van der Waals surface area contributed by atoms with Crippen LogP contribution in [0.5, 0.6) is 5.75 Å². The van der Waals surface area contributed by atoms with Gasteiger partial charge in [-0.05, 0) is 48.6 Å². The fraction of sp³-hybridized carbons (Fsp3) is 0.381. The first-order chi connectivity index (χ1) is 12.6. The number of morpholine rings is 1. The van der Waals surface area contributed by atoms with E-state index in [-0.39, 0.29) is 23.4 Å². The van der Waals surface area contributed by atoms with Crippen molar-refractivity contribution in [1.82, 2.24) is 10.2 Å². The number of benzene rings is 2. The van der Waals surface area contributed by atoms with Crippen LogP contribution in [0.1, 0.15) is 36.1 Å². The minimum absolute atomic E-state index is 0.0899. The van der Waals surface area contributed by atoms with Crippen LogP contribution in [0.3, 0.4) is 0 Å². The van der Waals surface area contributed by atoms with Gasteiger partial charge in [-0.25, -0.2) is 4.79 Å².